The molecule has 28 heavy (non-hydrogen) atoms. The second-order valence-electron chi connectivity index (χ2n) is 5.94. The Balaban J connectivity index is 1.75. The topological polar surface area (TPSA) is 58.6 Å². The molecule has 0 radical (unpaired) electrons. The van der Waals surface area contributed by atoms with Gasteiger partial charge in [-0.25, -0.2) is 0 Å². The molecular weight excluding hydrogens is 416 g/mol. The van der Waals surface area contributed by atoms with Crippen molar-refractivity contribution < 1.29 is 14.3 Å². The van der Waals surface area contributed by atoms with Gasteiger partial charge < -0.3 is 4.74 Å². The number of hydrogen-bond acceptors (Lipinski definition) is 5. The molecule has 0 aliphatic carbocycles. The molecule has 8 heteroatoms. The number of benzene rings is 2. The van der Waals surface area contributed by atoms with Gasteiger partial charge in [0.2, 0.25) is 0 Å². The van der Waals surface area contributed by atoms with E-state index in [1.807, 2.05) is 38.1 Å². The smallest absolute Gasteiger partial charge is 0.285 e. The first-order valence-electron chi connectivity index (χ1n) is 8.47. The van der Waals surface area contributed by atoms with Gasteiger partial charge in [0.25, 0.3) is 11.8 Å². The monoisotopic (exact) mass is 432 g/mol. The zero-order valence-corrected chi connectivity index (χ0v) is 17.6. The lowest BCUT2D eigenvalue weighted by Gasteiger charge is -2.16. The summed E-state index contributed by atoms with van der Waals surface area (Å²) >= 11 is 12.5. The summed E-state index contributed by atoms with van der Waals surface area (Å²) in [5.41, 5.74) is 4.57. The average molecular weight is 433 g/mol. The maximum atomic E-state index is 12.7. The molecule has 144 valence electrons. The SMILES string of the molecule is CCOc1ccc(/C=C2/SC(=S)N(NC(=O)c3ccc(C)cc3Cl)C2=O)cc1. The van der Waals surface area contributed by atoms with Gasteiger partial charge in [-0.3, -0.25) is 15.0 Å². The molecule has 0 saturated carbocycles. The summed E-state index contributed by atoms with van der Waals surface area (Å²) < 4.78 is 5.66. The molecule has 2 amide bonds. The Morgan fingerprint density at radius 1 is 1.29 bits per heavy atom. The van der Waals surface area contributed by atoms with Gasteiger partial charge in [0.05, 0.1) is 22.1 Å². The van der Waals surface area contributed by atoms with Gasteiger partial charge in [0.1, 0.15) is 5.75 Å². The molecule has 1 heterocycles. The molecule has 0 bridgehead atoms. The lowest BCUT2D eigenvalue weighted by atomic mass is 10.1. The fraction of sp³-hybridized carbons (Fsp3) is 0.150. The fourth-order valence-electron chi connectivity index (χ4n) is 2.51. The molecule has 3 rings (SSSR count). The van der Waals surface area contributed by atoms with Crippen LogP contribution in [-0.2, 0) is 4.79 Å². The van der Waals surface area contributed by atoms with E-state index < -0.39 is 5.91 Å². The fourth-order valence-corrected chi connectivity index (χ4v) is 4.01. The summed E-state index contributed by atoms with van der Waals surface area (Å²) in [7, 11) is 0. The number of amides is 2. The lowest BCUT2D eigenvalue weighted by molar-refractivity contribution is -0.123. The number of carbonyl (C=O) groups excluding carboxylic acids is 2. The zero-order chi connectivity index (χ0) is 20.3. The summed E-state index contributed by atoms with van der Waals surface area (Å²) in [5.74, 6) is -0.126. The largest absolute Gasteiger partial charge is 0.494 e. The van der Waals surface area contributed by atoms with Crippen LogP contribution in [0.3, 0.4) is 0 Å². The minimum absolute atomic E-state index is 0.249. The average Bonchev–Trinajstić information content (AvgIpc) is 2.91. The number of hydrogen-bond donors (Lipinski definition) is 1. The highest BCUT2D eigenvalue weighted by molar-refractivity contribution is 8.26. The number of thiocarbonyl (C=S) groups is 1. The van der Waals surface area contributed by atoms with Gasteiger partial charge in [-0.2, -0.15) is 5.01 Å². The molecule has 1 fully saturated rings. The molecule has 1 aliphatic rings. The van der Waals surface area contributed by atoms with Gasteiger partial charge in [0, 0.05) is 0 Å². The van der Waals surface area contributed by atoms with Crippen LogP contribution >= 0.6 is 35.6 Å². The van der Waals surface area contributed by atoms with Crippen LogP contribution < -0.4 is 10.2 Å². The van der Waals surface area contributed by atoms with Gasteiger partial charge in [-0.1, -0.05) is 41.6 Å². The van der Waals surface area contributed by atoms with Crippen LogP contribution in [0.25, 0.3) is 6.08 Å². The number of hydrazine groups is 1. The van der Waals surface area contributed by atoms with Crippen molar-refractivity contribution in [1.29, 1.82) is 0 Å². The van der Waals surface area contributed by atoms with Crippen molar-refractivity contribution in [3.63, 3.8) is 0 Å². The molecule has 2 aromatic rings. The number of aryl methyl sites for hydroxylation is 1. The number of carbonyl (C=O) groups is 2. The number of ether oxygens (including phenoxy) is 1. The van der Waals surface area contributed by atoms with Crippen molar-refractivity contribution in [3.05, 3.63) is 69.1 Å². The second kappa shape index (κ2) is 8.77. The van der Waals surface area contributed by atoms with Gasteiger partial charge in [-0.15, -0.1) is 0 Å². The minimum Gasteiger partial charge on any atom is -0.494 e. The van der Waals surface area contributed by atoms with E-state index in [0.717, 1.165) is 33.6 Å². The molecule has 1 aliphatic heterocycles. The third-order valence-electron chi connectivity index (χ3n) is 3.87. The number of halogens is 1. The zero-order valence-electron chi connectivity index (χ0n) is 15.2. The van der Waals surface area contributed by atoms with E-state index in [9.17, 15) is 9.59 Å². The van der Waals surface area contributed by atoms with Crippen molar-refractivity contribution in [2.45, 2.75) is 13.8 Å². The first kappa shape index (κ1) is 20.4. The number of nitrogens with zero attached hydrogens (tertiary/aromatic N) is 1. The number of rotatable bonds is 5. The summed E-state index contributed by atoms with van der Waals surface area (Å²) in [6, 6.07) is 12.4. The minimum atomic E-state index is -0.497. The molecule has 0 atom stereocenters. The highest BCUT2D eigenvalue weighted by Crippen LogP contribution is 2.32. The van der Waals surface area contributed by atoms with E-state index in [1.54, 1.807) is 24.3 Å². The molecule has 5 nitrogen and oxygen atoms in total. The number of nitrogens with one attached hydrogen (secondary N) is 1. The summed E-state index contributed by atoms with van der Waals surface area (Å²) in [5, 5.41) is 1.38. The molecule has 0 spiro atoms. The van der Waals surface area contributed by atoms with Crippen LogP contribution in [0.4, 0.5) is 0 Å². The van der Waals surface area contributed by atoms with E-state index in [0.29, 0.717) is 16.5 Å². The highest BCUT2D eigenvalue weighted by Gasteiger charge is 2.34. The van der Waals surface area contributed by atoms with Crippen LogP contribution in [0, 0.1) is 6.92 Å². The summed E-state index contributed by atoms with van der Waals surface area (Å²) in [4.78, 5) is 25.6. The molecule has 0 unspecified atom stereocenters. The van der Waals surface area contributed by atoms with Gasteiger partial charge in [0.15, 0.2) is 4.32 Å². The Labute approximate surface area is 177 Å². The van der Waals surface area contributed by atoms with Crippen LogP contribution in [0.5, 0.6) is 5.75 Å². The maximum absolute atomic E-state index is 12.7. The molecule has 1 saturated heterocycles. The molecule has 0 aromatic heterocycles. The molecule has 2 aromatic carbocycles. The van der Waals surface area contributed by atoms with Crippen LogP contribution in [0.1, 0.15) is 28.4 Å². The van der Waals surface area contributed by atoms with Crippen LogP contribution in [-0.4, -0.2) is 27.8 Å². The number of thioether (sulfide) groups is 1. The van der Waals surface area contributed by atoms with Crippen molar-refractivity contribution >= 4 is 57.8 Å². The van der Waals surface area contributed by atoms with Crippen LogP contribution in [0.2, 0.25) is 5.02 Å². The Kier molecular flexibility index (Phi) is 6.39. The Morgan fingerprint density at radius 3 is 2.64 bits per heavy atom. The quantitative estimate of drug-likeness (QED) is 0.553. The van der Waals surface area contributed by atoms with E-state index in [2.05, 4.69) is 5.43 Å². The Morgan fingerprint density at radius 2 is 2.00 bits per heavy atom. The predicted molar refractivity (Wildman–Crippen MR) is 116 cm³/mol. The summed E-state index contributed by atoms with van der Waals surface area (Å²) in [6.07, 6.45) is 1.72. The first-order valence-corrected chi connectivity index (χ1v) is 10.1. The lowest BCUT2D eigenvalue weighted by Crippen LogP contribution is -2.44. The molecular formula is C20H17ClN2O3S2. The first-order chi connectivity index (χ1) is 13.4. The maximum Gasteiger partial charge on any atom is 0.285 e. The Bertz CT molecular complexity index is 974. The predicted octanol–water partition coefficient (Wildman–Crippen LogP) is 4.59. The Hall–Kier alpha value is -2.35. The van der Waals surface area contributed by atoms with Crippen molar-refractivity contribution in [3.8, 4) is 5.75 Å². The van der Waals surface area contributed by atoms with E-state index >= 15 is 0 Å². The standard InChI is InChI=1S/C20H17ClN2O3S2/c1-3-26-14-7-5-13(6-8-14)11-17-19(25)23(20(27)28-17)22-18(24)15-9-4-12(2)10-16(15)21/h4-11H,3H2,1-2H3,(H,22,24)/b17-11+. The third kappa shape index (κ3) is 4.55. The third-order valence-corrected chi connectivity index (χ3v) is 5.48. The normalized spacial score (nSPS) is 15.2. The van der Waals surface area contributed by atoms with Crippen molar-refractivity contribution in [2.24, 2.45) is 0 Å². The van der Waals surface area contributed by atoms with Gasteiger partial charge >= 0.3 is 0 Å². The van der Waals surface area contributed by atoms with Crippen molar-refractivity contribution in [1.82, 2.24) is 10.4 Å². The van der Waals surface area contributed by atoms with Gasteiger partial charge in [-0.05, 0) is 67.5 Å². The van der Waals surface area contributed by atoms with Crippen molar-refractivity contribution in [2.75, 3.05) is 6.61 Å². The second-order valence-corrected chi connectivity index (χ2v) is 8.03. The van der Waals surface area contributed by atoms with E-state index in [1.165, 1.54) is 0 Å². The van der Waals surface area contributed by atoms with E-state index in [4.69, 9.17) is 28.6 Å². The van der Waals surface area contributed by atoms with E-state index in [-0.39, 0.29) is 15.8 Å². The van der Waals surface area contributed by atoms with Crippen LogP contribution in [0.15, 0.2) is 47.4 Å². The highest BCUT2D eigenvalue weighted by atomic mass is 35.5. The summed E-state index contributed by atoms with van der Waals surface area (Å²) in [6.45, 7) is 4.38. The molecule has 1 N–H and O–H groups in total.